The van der Waals surface area contributed by atoms with Gasteiger partial charge in [0, 0.05) is 24.7 Å². The van der Waals surface area contributed by atoms with Gasteiger partial charge in [-0.25, -0.2) is 0 Å². The minimum absolute atomic E-state index is 0.0606. The van der Waals surface area contributed by atoms with Crippen molar-refractivity contribution in [2.75, 3.05) is 13.2 Å². The minimum Gasteiger partial charge on any atom is -0.381 e. The third-order valence-electron chi connectivity index (χ3n) is 3.70. The summed E-state index contributed by atoms with van der Waals surface area (Å²) in [5.74, 6) is 1.32. The second-order valence-electron chi connectivity index (χ2n) is 5.15. The van der Waals surface area contributed by atoms with Crippen LogP contribution >= 0.6 is 0 Å². The molecule has 0 aliphatic carbocycles. The van der Waals surface area contributed by atoms with Crippen molar-refractivity contribution in [3.05, 3.63) is 0 Å². The number of carbonyl (C=O) groups excluding carboxylic acids is 1. The quantitative estimate of drug-likeness (QED) is 0.685. The maximum Gasteiger partial charge on any atom is 0.223 e. The van der Waals surface area contributed by atoms with E-state index in [-0.39, 0.29) is 17.4 Å². The van der Waals surface area contributed by atoms with Gasteiger partial charge in [0.2, 0.25) is 5.91 Å². The van der Waals surface area contributed by atoms with Crippen LogP contribution in [0.2, 0.25) is 0 Å². The van der Waals surface area contributed by atoms with Gasteiger partial charge in [-0.2, -0.15) is 0 Å². The monoisotopic (exact) mass is 197 g/mol. The Labute approximate surface area is 85.2 Å². The molecule has 2 rings (SSSR count). The van der Waals surface area contributed by atoms with Crippen molar-refractivity contribution >= 4 is 5.91 Å². The number of hydrogen-bond donors (Lipinski definition) is 1. The van der Waals surface area contributed by atoms with Crippen molar-refractivity contribution in [1.82, 2.24) is 5.32 Å². The Hall–Kier alpha value is -0.570. The first kappa shape index (κ1) is 9.97. The average Bonchev–Trinajstić information content (AvgIpc) is 2.60. The highest BCUT2D eigenvalue weighted by Gasteiger charge is 2.49. The molecule has 2 aliphatic rings. The predicted octanol–water partition coefficient (Wildman–Crippen LogP) is 1.18. The highest BCUT2D eigenvalue weighted by Crippen LogP contribution is 2.40. The summed E-state index contributed by atoms with van der Waals surface area (Å²) < 4.78 is 5.41. The number of nitrogens with one attached hydrogen (secondary N) is 1. The van der Waals surface area contributed by atoms with Gasteiger partial charge in [0.05, 0.1) is 0 Å². The summed E-state index contributed by atoms with van der Waals surface area (Å²) in [5, 5.41) is 3.08. The van der Waals surface area contributed by atoms with E-state index in [4.69, 9.17) is 4.74 Å². The molecule has 0 aromatic carbocycles. The Balaban J connectivity index is 2.18. The predicted molar refractivity (Wildman–Crippen MR) is 53.8 cm³/mol. The first-order valence-corrected chi connectivity index (χ1v) is 5.42. The smallest absolute Gasteiger partial charge is 0.223 e. The zero-order chi connectivity index (χ0) is 10.3. The third kappa shape index (κ3) is 1.44. The highest BCUT2D eigenvalue weighted by molar-refractivity contribution is 5.82. The van der Waals surface area contributed by atoms with Crippen LogP contribution in [0, 0.1) is 17.8 Å². The fourth-order valence-electron chi connectivity index (χ4n) is 3.14. The zero-order valence-corrected chi connectivity index (χ0v) is 9.17. The number of rotatable bonds is 1. The Morgan fingerprint density at radius 1 is 1.50 bits per heavy atom. The van der Waals surface area contributed by atoms with Crippen molar-refractivity contribution in [2.24, 2.45) is 17.8 Å². The molecule has 0 spiro atoms. The number of hydrogen-bond acceptors (Lipinski definition) is 2. The van der Waals surface area contributed by atoms with E-state index in [2.05, 4.69) is 19.2 Å². The molecule has 3 heteroatoms. The van der Waals surface area contributed by atoms with Gasteiger partial charge in [-0.05, 0) is 32.1 Å². The summed E-state index contributed by atoms with van der Waals surface area (Å²) in [6.07, 6.45) is 1.10. The average molecular weight is 197 g/mol. The SMILES string of the molecule is CC1C(=O)NC(C)(C)C1C1CCOC1. The second-order valence-corrected chi connectivity index (χ2v) is 5.15. The van der Waals surface area contributed by atoms with Crippen LogP contribution in [0.5, 0.6) is 0 Å². The van der Waals surface area contributed by atoms with Gasteiger partial charge in [-0.1, -0.05) is 6.92 Å². The number of amides is 1. The van der Waals surface area contributed by atoms with Crippen molar-refractivity contribution < 1.29 is 9.53 Å². The van der Waals surface area contributed by atoms with Gasteiger partial charge < -0.3 is 10.1 Å². The summed E-state index contributed by atoms with van der Waals surface area (Å²) in [4.78, 5) is 11.6. The van der Waals surface area contributed by atoms with Crippen LogP contribution in [0.3, 0.4) is 0 Å². The first-order chi connectivity index (χ1) is 6.52. The van der Waals surface area contributed by atoms with Crippen LogP contribution in [-0.2, 0) is 9.53 Å². The number of ether oxygens (including phenoxy) is 1. The Morgan fingerprint density at radius 2 is 2.21 bits per heavy atom. The van der Waals surface area contributed by atoms with Gasteiger partial charge >= 0.3 is 0 Å². The summed E-state index contributed by atoms with van der Waals surface area (Å²) >= 11 is 0. The van der Waals surface area contributed by atoms with Crippen LogP contribution < -0.4 is 5.32 Å². The maximum absolute atomic E-state index is 11.6. The van der Waals surface area contributed by atoms with E-state index in [1.54, 1.807) is 0 Å². The van der Waals surface area contributed by atoms with E-state index in [0.29, 0.717) is 11.8 Å². The lowest BCUT2D eigenvalue weighted by atomic mass is 9.74. The van der Waals surface area contributed by atoms with Crippen molar-refractivity contribution in [3.8, 4) is 0 Å². The largest absolute Gasteiger partial charge is 0.381 e. The van der Waals surface area contributed by atoms with E-state index >= 15 is 0 Å². The molecule has 1 amide bonds. The van der Waals surface area contributed by atoms with Crippen LogP contribution in [-0.4, -0.2) is 24.7 Å². The second kappa shape index (κ2) is 3.23. The fraction of sp³-hybridized carbons (Fsp3) is 0.909. The van der Waals surface area contributed by atoms with Gasteiger partial charge in [-0.15, -0.1) is 0 Å². The van der Waals surface area contributed by atoms with Gasteiger partial charge in [-0.3, -0.25) is 4.79 Å². The molecule has 14 heavy (non-hydrogen) atoms. The topological polar surface area (TPSA) is 38.3 Å². The Morgan fingerprint density at radius 3 is 2.64 bits per heavy atom. The molecule has 3 atom stereocenters. The summed E-state index contributed by atoms with van der Waals surface area (Å²) in [5.41, 5.74) is -0.0606. The van der Waals surface area contributed by atoms with Crippen LogP contribution in [0.25, 0.3) is 0 Å². The Kier molecular flexibility index (Phi) is 2.30. The number of carbonyl (C=O) groups is 1. The molecule has 0 aromatic heterocycles. The zero-order valence-electron chi connectivity index (χ0n) is 9.17. The van der Waals surface area contributed by atoms with Gasteiger partial charge in [0.1, 0.15) is 0 Å². The van der Waals surface area contributed by atoms with Gasteiger partial charge in [0.15, 0.2) is 0 Å². The van der Waals surface area contributed by atoms with E-state index in [0.717, 1.165) is 19.6 Å². The summed E-state index contributed by atoms with van der Waals surface area (Å²) in [6.45, 7) is 7.97. The third-order valence-corrected chi connectivity index (χ3v) is 3.70. The van der Waals surface area contributed by atoms with Gasteiger partial charge in [0.25, 0.3) is 0 Å². The standard InChI is InChI=1S/C11H19NO2/c1-7-9(8-4-5-14-6-8)11(2,3)12-10(7)13/h7-9H,4-6H2,1-3H3,(H,12,13). The summed E-state index contributed by atoms with van der Waals surface area (Å²) in [6, 6.07) is 0. The highest BCUT2D eigenvalue weighted by atomic mass is 16.5. The lowest BCUT2D eigenvalue weighted by Crippen LogP contribution is -2.42. The minimum atomic E-state index is -0.0606. The fourth-order valence-corrected chi connectivity index (χ4v) is 3.14. The van der Waals surface area contributed by atoms with E-state index in [1.165, 1.54) is 0 Å². The lowest BCUT2D eigenvalue weighted by molar-refractivity contribution is -0.122. The molecule has 0 bridgehead atoms. The molecule has 0 aromatic rings. The van der Waals surface area contributed by atoms with Crippen LogP contribution in [0.1, 0.15) is 27.2 Å². The maximum atomic E-state index is 11.6. The van der Waals surface area contributed by atoms with E-state index in [1.807, 2.05) is 6.92 Å². The molecule has 2 saturated heterocycles. The molecular formula is C11H19NO2. The molecule has 0 saturated carbocycles. The van der Waals surface area contributed by atoms with E-state index < -0.39 is 0 Å². The normalized spacial score (nSPS) is 41.4. The molecule has 2 fully saturated rings. The summed E-state index contributed by atoms with van der Waals surface area (Å²) in [7, 11) is 0. The van der Waals surface area contributed by atoms with Crippen molar-refractivity contribution in [3.63, 3.8) is 0 Å². The molecule has 80 valence electrons. The molecule has 3 unspecified atom stereocenters. The van der Waals surface area contributed by atoms with Crippen LogP contribution in [0.15, 0.2) is 0 Å². The van der Waals surface area contributed by atoms with Crippen molar-refractivity contribution in [1.29, 1.82) is 0 Å². The Bertz CT molecular complexity index is 244. The lowest BCUT2D eigenvalue weighted by Gasteiger charge is -2.32. The first-order valence-electron chi connectivity index (χ1n) is 5.42. The molecule has 1 N–H and O–H groups in total. The molecule has 2 heterocycles. The molecular weight excluding hydrogens is 178 g/mol. The van der Waals surface area contributed by atoms with E-state index in [9.17, 15) is 4.79 Å². The molecule has 0 radical (unpaired) electrons. The van der Waals surface area contributed by atoms with Crippen molar-refractivity contribution in [2.45, 2.75) is 32.7 Å². The molecule has 3 nitrogen and oxygen atoms in total. The van der Waals surface area contributed by atoms with Crippen LogP contribution in [0.4, 0.5) is 0 Å². The molecule has 2 aliphatic heterocycles.